The van der Waals surface area contributed by atoms with Crippen LogP contribution in [0.2, 0.25) is 0 Å². The van der Waals surface area contributed by atoms with E-state index in [0.717, 1.165) is 65.3 Å². The molecule has 2 aromatic heterocycles. The SMILES string of the molecule is [CH2-]C1CCC(=O)NC1=O.[CH2-]CN(C[C-]=O)C1CCN(Cc2c(OC)cc(-c3cn(C)c(=O)c4cnc(N(C)C)cc34)cc2OC)CC1.[Li+]. The molecule has 4 heterocycles. The maximum atomic E-state index is 12.9. The number of methoxy groups -OCH3 is 2. The van der Waals surface area contributed by atoms with Gasteiger partial charge < -0.3 is 42.5 Å². The molecule has 2 fully saturated rings. The number of carbonyl (C=O) groups is 2. The van der Waals surface area contributed by atoms with Gasteiger partial charge in [0.1, 0.15) is 17.3 Å². The molecule has 254 valence electrons. The van der Waals surface area contributed by atoms with Crippen LogP contribution in [-0.2, 0) is 28.0 Å². The van der Waals surface area contributed by atoms with Crippen LogP contribution in [0.4, 0.5) is 5.82 Å². The maximum absolute atomic E-state index is 12.9. The van der Waals surface area contributed by atoms with Gasteiger partial charge in [-0.2, -0.15) is 0 Å². The third-order valence-electron chi connectivity index (χ3n) is 8.79. The summed E-state index contributed by atoms with van der Waals surface area (Å²) >= 11 is 0. The average Bonchev–Trinajstić information content (AvgIpc) is 3.07. The predicted molar refractivity (Wildman–Crippen MR) is 182 cm³/mol. The number of imide groups is 1. The molecule has 0 spiro atoms. The van der Waals surface area contributed by atoms with Gasteiger partial charge in [-0.3, -0.25) is 30.9 Å². The Morgan fingerprint density at radius 2 is 1.69 bits per heavy atom. The number of nitrogens with one attached hydrogen (secondary N) is 1. The zero-order valence-electron chi connectivity index (χ0n) is 29.0. The average molecular weight is 653 g/mol. The monoisotopic (exact) mass is 652 g/mol. The molecule has 2 saturated heterocycles. The molecule has 1 N–H and O–H groups in total. The van der Waals surface area contributed by atoms with Gasteiger partial charge in [-0.15, -0.1) is 13.1 Å². The van der Waals surface area contributed by atoms with Crippen molar-refractivity contribution in [3.63, 3.8) is 0 Å². The molecule has 2 amide bonds. The van der Waals surface area contributed by atoms with Crippen LogP contribution in [0, 0.1) is 19.8 Å². The molecule has 1 unspecified atom stereocenters. The number of hydrogen-bond acceptors (Lipinski definition) is 10. The first-order valence-corrected chi connectivity index (χ1v) is 15.7. The van der Waals surface area contributed by atoms with E-state index in [0.29, 0.717) is 43.9 Å². The van der Waals surface area contributed by atoms with Crippen molar-refractivity contribution in [2.75, 3.05) is 59.4 Å². The minimum Gasteiger partial charge on any atom is -0.541 e. The van der Waals surface area contributed by atoms with Gasteiger partial charge in [0.15, 0.2) is 5.91 Å². The Labute approximate surface area is 294 Å². The first-order chi connectivity index (χ1) is 22.5. The van der Waals surface area contributed by atoms with Gasteiger partial charge >= 0.3 is 18.9 Å². The van der Waals surface area contributed by atoms with E-state index in [-0.39, 0.29) is 42.2 Å². The van der Waals surface area contributed by atoms with Gasteiger partial charge in [0.05, 0.1) is 25.2 Å². The molecule has 0 saturated carbocycles. The number of likely N-dealkylation sites (tertiary alicyclic amines) is 1. The maximum Gasteiger partial charge on any atom is 1.00 e. The van der Waals surface area contributed by atoms with Crippen LogP contribution in [0.25, 0.3) is 21.9 Å². The summed E-state index contributed by atoms with van der Waals surface area (Å²) in [6.45, 7) is 10.9. The van der Waals surface area contributed by atoms with Crippen molar-refractivity contribution in [3.8, 4) is 22.6 Å². The van der Waals surface area contributed by atoms with Gasteiger partial charge in [-0.25, -0.2) is 4.98 Å². The third-order valence-corrected chi connectivity index (χ3v) is 8.79. The van der Waals surface area contributed by atoms with Crippen molar-refractivity contribution < 1.29 is 42.7 Å². The van der Waals surface area contributed by atoms with Crippen molar-refractivity contribution in [1.82, 2.24) is 24.7 Å². The number of piperidine rings is 2. The van der Waals surface area contributed by atoms with Crippen molar-refractivity contribution in [3.05, 3.63) is 60.4 Å². The standard InChI is InChI=1S/C29H37N5O4.C6H8NO2.Li/c1-7-34(12-13-35)21-8-10-33(11-9-21)19-25-26(37-5)14-20(15-27(25)38-6)24-18-32(4)29(36)23-17-30-28(31(2)3)16-22(23)24;1-4-2-3-5(8)7-6(4)9;/h14-18,21H,1,7-12,19H2,2-6H3;4H,1-3H2,(H,7,8,9);/q-2;-1;+1. The number of aromatic nitrogens is 2. The van der Waals surface area contributed by atoms with E-state index in [1.54, 1.807) is 32.0 Å². The van der Waals surface area contributed by atoms with Crippen LogP contribution < -0.4 is 44.1 Å². The molecule has 5 rings (SSSR count). The van der Waals surface area contributed by atoms with E-state index in [1.807, 2.05) is 49.7 Å². The Hall–Kier alpha value is -3.69. The summed E-state index contributed by atoms with van der Waals surface area (Å²) in [5, 5.41) is 3.57. The number of nitrogens with zero attached hydrogens (tertiary/aromatic N) is 5. The Bertz CT molecular complexity index is 1630. The molecule has 1 atom stereocenters. The Morgan fingerprint density at radius 1 is 1.04 bits per heavy atom. The minimum atomic E-state index is -0.244. The Balaban J connectivity index is 0.000000541. The number of rotatable bonds is 10. The molecule has 13 heteroatoms. The van der Waals surface area contributed by atoms with Crippen molar-refractivity contribution in [2.24, 2.45) is 13.0 Å². The summed E-state index contributed by atoms with van der Waals surface area (Å²) in [7, 11) is 8.94. The molecule has 2 aliphatic rings. The number of carbonyl (C=O) groups excluding carboxylic acids is 3. The number of aryl methyl sites for hydroxylation is 1. The second kappa shape index (κ2) is 17.6. The van der Waals surface area contributed by atoms with Crippen LogP contribution in [0.3, 0.4) is 0 Å². The number of benzene rings is 1. The fraction of sp³-hybridized carbons (Fsp3) is 0.457. The molecule has 0 radical (unpaired) electrons. The molecule has 48 heavy (non-hydrogen) atoms. The molecule has 0 bridgehead atoms. The molecule has 1 aromatic carbocycles. The Morgan fingerprint density at radius 3 is 2.21 bits per heavy atom. The quantitative estimate of drug-likeness (QED) is 0.178. The number of amides is 2. The number of hydrogen-bond donors (Lipinski definition) is 1. The van der Waals surface area contributed by atoms with E-state index in [1.165, 1.54) is 0 Å². The minimum absolute atomic E-state index is 0. The number of pyridine rings is 2. The van der Waals surface area contributed by atoms with E-state index in [4.69, 9.17) is 9.47 Å². The van der Waals surface area contributed by atoms with Gasteiger partial charge in [0.2, 0.25) is 5.91 Å². The second-order valence-corrected chi connectivity index (χ2v) is 12.1. The summed E-state index contributed by atoms with van der Waals surface area (Å²) in [5.74, 6) is 1.59. The molecule has 0 aliphatic carbocycles. The van der Waals surface area contributed by atoms with E-state index in [9.17, 15) is 19.2 Å². The zero-order chi connectivity index (χ0) is 34.2. The zero-order valence-corrected chi connectivity index (χ0v) is 29.0. The topological polar surface area (TPSA) is 126 Å². The van der Waals surface area contributed by atoms with Crippen LogP contribution in [0.1, 0.15) is 31.2 Å². The van der Waals surface area contributed by atoms with E-state index in [2.05, 4.69) is 33.9 Å². The van der Waals surface area contributed by atoms with Crippen LogP contribution in [0.15, 0.2) is 35.4 Å². The fourth-order valence-electron chi connectivity index (χ4n) is 6.00. The molecular formula is C35H45LiN6O6-2. The second-order valence-electron chi connectivity index (χ2n) is 12.1. The van der Waals surface area contributed by atoms with Gasteiger partial charge in [-0.05, 0) is 49.7 Å². The summed E-state index contributed by atoms with van der Waals surface area (Å²) < 4.78 is 13.3. The van der Waals surface area contributed by atoms with Crippen LogP contribution in [-0.4, -0.2) is 98.0 Å². The first-order valence-electron chi connectivity index (χ1n) is 15.7. The summed E-state index contributed by atoms with van der Waals surface area (Å²) in [4.78, 5) is 55.7. The Kier molecular flexibility index (Phi) is 14.2. The van der Waals surface area contributed by atoms with E-state index < -0.39 is 0 Å². The van der Waals surface area contributed by atoms with Crippen molar-refractivity contribution >= 4 is 34.7 Å². The molecule has 3 aromatic rings. The fourth-order valence-corrected chi connectivity index (χ4v) is 6.00. The van der Waals surface area contributed by atoms with Gasteiger partial charge in [0.25, 0.3) is 5.56 Å². The summed E-state index contributed by atoms with van der Waals surface area (Å²) in [5.41, 5.74) is 2.69. The third kappa shape index (κ3) is 9.05. The molecular weight excluding hydrogens is 607 g/mol. The van der Waals surface area contributed by atoms with Gasteiger partial charge in [-0.1, -0.05) is 12.3 Å². The largest absolute Gasteiger partial charge is 1.00 e. The van der Waals surface area contributed by atoms with Gasteiger partial charge in [0, 0.05) is 63.5 Å². The summed E-state index contributed by atoms with van der Waals surface area (Å²) in [6, 6.07) is 6.32. The normalized spacial score (nSPS) is 16.9. The van der Waals surface area contributed by atoms with Crippen LogP contribution >= 0.6 is 0 Å². The first kappa shape index (κ1) is 38.8. The number of fused-ring (bicyclic) bond motifs is 1. The number of ether oxygens (including phenoxy) is 2. The van der Waals surface area contributed by atoms with Crippen LogP contribution in [0.5, 0.6) is 11.5 Å². The number of anilines is 1. The molecule has 2 aliphatic heterocycles. The summed E-state index contributed by atoms with van der Waals surface area (Å²) in [6.07, 6.45) is 8.45. The smallest absolute Gasteiger partial charge is 0.541 e. The molecule has 12 nitrogen and oxygen atoms in total. The van der Waals surface area contributed by atoms with E-state index >= 15 is 0 Å². The van der Waals surface area contributed by atoms with Crippen molar-refractivity contribution in [2.45, 2.75) is 38.3 Å². The van der Waals surface area contributed by atoms with Crippen molar-refractivity contribution in [1.29, 1.82) is 0 Å². The predicted octanol–water partition coefficient (Wildman–Crippen LogP) is -0.229.